The fraction of sp³-hybridized carbons (Fsp3) is 0.750. The van der Waals surface area contributed by atoms with Crippen molar-refractivity contribution >= 4 is 26.7 Å². The first-order chi connectivity index (χ1) is 5.86. The Morgan fingerprint density at radius 3 is 2.58 bits per heavy atom. The van der Waals surface area contributed by atoms with Crippen LogP contribution in [0.15, 0.2) is 4.99 Å². The molecule has 0 bridgehead atoms. The van der Waals surface area contributed by atoms with Crippen molar-refractivity contribution in [3.05, 3.63) is 0 Å². The first kappa shape index (κ1) is 9.66. The van der Waals surface area contributed by atoms with Crippen LogP contribution in [0.5, 0.6) is 0 Å². The minimum absolute atomic E-state index is 0.370. The molecule has 0 aromatic carbocycles. The van der Waals surface area contributed by atoms with Crippen molar-refractivity contribution in [2.24, 2.45) is 4.99 Å². The van der Waals surface area contributed by atoms with Gasteiger partial charge in [0.05, 0.1) is 0 Å². The molecule has 0 radical (unpaired) electrons. The molecule has 0 heterocycles. The maximum atomic E-state index is 10.1. The molecule has 0 unspecified atom stereocenters. The molecule has 0 aliphatic heterocycles. The number of hydrogen-bond acceptors (Lipinski definition) is 2. The van der Waals surface area contributed by atoms with Crippen LogP contribution < -0.4 is 5.32 Å². The Hall–Kier alpha value is -0.431. The zero-order chi connectivity index (χ0) is 8.81. The molecule has 0 aromatic heterocycles. The van der Waals surface area contributed by atoms with Gasteiger partial charge in [-0.15, -0.1) is 0 Å². The molecule has 0 saturated heterocycles. The summed E-state index contributed by atoms with van der Waals surface area (Å²) in [6.07, 6.45) is 4.97. The van der Waals surface area contributed by atoms with Gasteiger partial charge in [0.1, 0.15) is 0 Å². The molecule has 66 valence electrons. The van der Waals surface area contributed by atoms with Gasteiger partial charge in [-0.1, -0.05) is 0 Å². The predicted molar refractivity (Wildman–Crippen MR) is 48.4 cm³/mol. The predicted octanol–water partition coefficient (Wildman–Crippen LogP) is 0.117. The Balaban J connectivity index is 2.28. The summed E-state index contributed by atoms with van der Waals surface area (Å²) in [5, 5.41) is 2.80. The number of carbonyl (C=O) groups excluding carboxylic acids is 1. The molecule has 1 amide bonds. The molecule has 0 atom stereocenters. The van der Waals surface area contributed by atoms with Gasteiger partial charge in [-0.3, -0.25) is 0 Å². The standard InChI is InChI=1S/C8H12N2OSe/c11-5-9-7-1-3-8(4-2-7)10-6-12/h5,7-8H,1-4H2,(H,9,11). The first-order valence-corrected chi connectivity index (χ1v) is 4.99. The molecular weight excluding hydrogens is 219 g/mol. The van der Waals surface area contributed by atoms with Crippen LogP contribution in [0.4, 0.5) is 0 Å². The third-order valence-electron chi connectivity index (χ3n) is 2.24. The van der Waals surface area contributed by atoms with Gasteiger partial charge in [-0.2, -0.15) is 0 Å². The topological polar surface area (TPSA) is 41.5 Å². The van der Waals surface area contributed by atoms with Gasteiger partial charge in [0.25, 0.3) is 0 Å². The van der Waals surface area contributed by atoms with E-state index < -0.39 is 0 Å². The first-order valence-electron chi connectivity index (χ1n) is 4.13. The monoisotopic (exact) mass is 232 g/mol. The number of nitrogens with one attached hydrogen (secondary N) is 1. The molecule has 1 rings (SSSR count). The number of aliphatic imine (C=N–C) groups is 1. The van der Waals surface area contributed by atoms with E-state index in [4.69, 9.17) is 0 Å². The Bertz CT molecular complexity index is 193. The van der Waals surface area contributed by atoms with Crippen LogP contribution in [-0.4, -0.2) is 38.8 Å². The molecule has 1 fully saturated rings. The van der Waals surface area contributed by atoms with Crippen LogP contribution in [-0.2, 0) is 4.79 Å². The van der Waals surface area contributed by atoms with E-state index in [1.54, 1.807) is 0 Å². The molecule has 0 aromatic rings. The zero-order valence-electron chi connectivity index (χ0n) is 6.82. The summed E-state index contributed by atoms with van der Waals surface area (Å²) >= 11 is 2.64. The Kier molecular flexibility index (Phi) is 4.23. The maximum absolute atomic E-state index is 10.1. The zero-order valence-corrected chi connectivity index (χ0v) is 8.54. The minimum atomic E-state index is 0.370. The van der Waals surface area contributed by atoms with Crippen LogP contribution >= 0.6 is 0 Å². The van der Waals surface area contributed by atoms with E-state index in [0.29, 0.717) is 12.1 Å². The molecule has 1 saturated carbocycles. The quantitative estimate of drug-likeness (QED) is 0.418. The fourth-order valence-electron chi connectivity index (χ4n) is 1.54. The molecule has 1 aliphatic carbocycles. The summed E-state index contributed by atoms with van der Waals surface area (Å²) in [5.41, 5.74) is 0. The van der Waals surface area contributed by atoms with Gasteiger partial charge in [0.2, 0.25) is 0 Å². The number of rotatable bonds is 3. The Morgan fingerprint density at radius 1 is 1.42 bits per heavy atom. The molecule has 1 aliphatic rings. The van der Waals surface area contributed by atoms with E-state index in [1.165, 1.54) is 0 Å². The average Bonchev–Trinajstić information content (AvgIpc) is 2.09. The molecule has 12 heavy (non-hydrogen) atoms. The van der Waals surface area contributed by atoms with Crippen molar-refractivity contribution in [2.45, 2.75) is 37.8 Å². The second kappa shape index (κ2) is 5.26. The summed E-state index contributed by atoms with van der Waals surface area (Å²) in [6.45, 7) is 0. The van der Waals surface area contributed by atoms with Crippen molar-refractivity contribution < 1.29 is 4.79 Å². The van der Waals surface area contributed by atoms with E-state index in [9.17, 15) is 4.79 Å². The van der Waals surface area contributed by atoms with Gasteiger partial charge in [-0.05, 0) is 0 Å². The van der Waals surface area contributed by atoms with Crippen molar-refractivity contribution in [1.82, 2.24) is 5.32 Å². The van der Waals surface area contributed by atoms with Gasteiger partial charge in [0.15, 0.2) is 0 Å². The third kappa shape index (κ3) is 2.90. The summed E-state index contributed by atoms with van der Waals surface area (Å²) in [6, 6.07) is 0.783. The van der Waals surface area contributed by atoms with E-state index in [1.807, 2.05) is 0 Å². The number of hydrogen-bond donors (Lipinski definition) is 1. The molecule has 3 nitrogen and oxygen atoms in total. The van der Waals surface area contributed by atoms with E-state index in [-0.39, 0.29) is 0 Å². The fourth-order valence-corrected chi connectivity index (χ4v) is 1.86. The molecular formula is C8H12N2OSe. The normalized spacial score (nSPS) is 28.7. The van der Waals surface area contributed by atoms with Gasteiger partial charge >= 0.3 is 79.6 Å². The van der Waals surface area contributed by atoms with Crippen molar-refractivity contribution in [1.29, 1.82) is 0 Å². The summed E-state index contributed by atoms with van der Waals surface area (Å²) < 4.78 is 2.69. The van der Waals surface area contributed by atoms with Crippen LogP contribution in [0.3, 0.4) is 0 Å². The van der Waals surface area contributed by atoms with Crippen LogP contribution in [0.2, 0.25) is 0 Å². The molecule has 4 heteroatoms. The average molecular weight is 231 g/mol. The van der Waals surface area contributed by atoms with Crippen molar-refractivity contribution in [3.8, 4) is 0 Å². The second-order valence-electron chi connectivity index (χ2n) is 3.01. The summed E-state index contributed by atoms with van der Waals surface area (Å²) in [4.78, 5) is 14.3. The third-order valence-corrected chi connectivity index (χ3v) is 2.46. The second-order valence-corrected chi connectivity index (χ2v) is 3.39. The summed E-state index contributed by atoms with van der Waals surface area (Å²) in [5.74, 6) is 0. The number of nitrogens with zero attached hydrogens (tertiary/aromatic N) is 1. The number of amides is 1. The Morgan fingerprint density at radius 2 is 2.08 bits per heavy atom. The molecule has 0 spiro atoms. The van der Waals surface area contributed by atoms with E-state index in [0.717, 1.165) is 32.1 Å². The van der Waals surface area contributed by atoms with Crippen LogP contribution in [0, 0.1) is 0 Å². The summed E-state index contributed by atoms with van der Waals surface area (Å²) in [7, 11) is 0. The van der Waals surface area contributed by atoms with Crippen molar-refractivity contribution in [2.75, 3.05) is 0 Å². The van der Waals surface area contributed by atoms with Gasteiger partial charge < -0.3 is 0 Å². The van der Waals surface area contributed by atoms with Crippen molar-refractivity contribution in [3.63, 3.8) is 0 Å². The van der Waals surface area contributed by atoms with E-state index >= 15 is 0 Å². The van der Waals surface area contributed by atoms with Crippen LogP contribution in [0.25, 0.3) is 0 Å². The molecule has 1 N–H and O–H groups in total. The van der Waals surface area contributed by atoms with E-state index in [2.05, 4.69) is 30.6 Å². The van der Waals surface area contributed by atoms with Gasteiger partial charge in [-0.25, -0.2) is 0 Å². The SMILES string of the molecule is O=CNC1CCC(N=C=[Se])CC1. The number of carbonyl (C=O) groups is 1. The van der Waals surface area contributed by atoms with Gasteiger partial charge in [0, 0.05) is 0 Å². The van der Waals surface area contributed by atoms with Crippen LogP contribution in [0.1, 0.15) is 25.7 Å². The Labute approximate surface area is 80.0 Å².